The highest BCUT2D eigenvalue weighted by molar-refractivity contribution is 7.39. The van der Waals surface area contributed by atoms with Crippen molar-refractivity contribution in [3.05, 3.63) is 0 Å². The average molecular weight is 185 g/mol. The molecule has 0 amide bonds. The first-order chi connectivity index (χ1) is 5.60. The van der Waals surface area contributed by atoms with Crippen LogP contribution in [0, 0.1) is 39.4 Å². The van der Waals surface area contributed by atoms with Crippen molar-refractivity contribution in [3.8, 4) is 18.2 Å². The van der Waals surface area contributed by atoms with Gasteiger partial charge in [0, 0.05) is 0 Å². The predicted molar refractivity (Wildman–Crippen MR) is 36.6 cm³/mol. The van der Waals surface area contributed by atoms with Gasteiger partial charge in [0.15, 0.2) is 0 Å². The number of nitrogens with zero attached hydrogens (tertiary/aromatic N) is 3. The topological polar surface area (TPSA) is 121 Å². The van der Waals surface area contributed by atoms with Crippen LogP contribution in [0.25, 0.3) is 0 Å². The molecule has 0 radical (unpaired) electrons. The van der Waals surface area contributed by atoms with E-state index in [2.05, 4.69) is 4.52 Å². The van der Waals surface area contributed by atoms with Crippen LogP contribution >= 0.6 is 8.60 Å². The van der Waals surface area contributed by atoms with E-state index in [4.69, 9.17) is 25.6 Å². The maximum Gasteiger partial charge on any atom is 0.327 e. The maximum absolute atomic E-state index is 8.36. The van der Waals surface area contributed by atoms with Crippen LogP contribution in [-0.4, -0.2) is 16.4 Å². The highest BCUT2D eigenvalue weighted by Gasteiger charge is 2.31. The standard InChI is InChI=1S/C5H4N3O3P/c6-1-5(2-7,3-8)4-11-12(9)10/h9-10H,4H2. The Bertz CT molecular complexity index is 235. The van der Waals surface area contributed by atoms with E-state index in [1.165, 1.54) is 18.2 Å². The molecule has 0 saturated carbocycles. The fraction of sp³-hybridized carbons (Fsp3) is 0.400. The highest BCUT2D eigenvalue weighted by Crippen LogP contribution is 2.28. The summed E-state index contributed by atoms with van der Waals surface area (Å²) in [6.07, 6.45) is 0. The molecular weight excluding hydrogens is 181 g/mol. The van der Waals surface area contributed by atoms with Crippen LogP contribution in [0.2, 0.25) is 0 Å². The van der Waals surface area contributed by atoms with Gasteiger partial charge in [-0.15, -0.1) is 0 Å². The Morgan fingerprint density at radius 3 is 1.83 bits per heavy atom. The molecule has 62 valence electrons. The van der Waals surface area contributed by atoms with Crippen LogP contribution in [0.5, 0.6) is 0 Å². The Morgan fingerprint density at radius 1 is 1.17 bits per heavy atom. The summed E-state index contributed by atoms with van der Waals surface area (Å²) in [4.78, 5) is 16.5. The lowest BCUT2D eigenvalue weighted by Crippen LogP contribution is -2.19. The lowest BCUT2D eigenvalue weighted by molar-refractivity contribution is 0.226. The van der Waals surface area contributed by atoms with Crippen molar-refractivity contribution >= 4 is 8.60 Å². The van der Waals surface area contributed by atoms with E-state index in [-0.39, 0.29) is 0 Å². The molecule has 0 aliphatic rings. The smallest absolute Gasteiger partial charge is 0.327 e. The molecule has 0 bridgehead atoms. The fourth-order valence-corrected chi connectivity index (χ4v) is 0.636. The van der Waals surface area contributed by atoms with Crippen LogP contribution in [-0.2, 0) is 4.52 Å². The molecule has 6 nitrogen and oxygen atoms in total. The molecule has 0 unspecified atom stereocenters. The van der Waals surface area contributed by atoms with Gasteiger partial charge in [0.05, 0.1) is 0 Å². The zero-order valence-electron chi connectivity index (χ0n) is 5.80. The van der Waals surface area contributed by atoms with E-state index >= 15 is 0 Å². The third-order valence-electron chi connectivity index (χ3n) is 0.969. The van der Waals surface area contributed by atoms with Crippen molar-refractivity contribution in [2.75, 3.05) is 6.61 Å². The normalized spacial score (nSPS) is 10.0. The first kappa shape index (κ1) is 10.8. The zero-order chi connectivity index (χ0) is 9.61. The number of hydrogen-bond donors (Lipinski definition) is 2. The molecule has 0 aromatic carbocycles. The molecule has 0 fully saturated rings. The van der Waals surface area contributed by atoms with Gasteiger partial charge >= 0.3 is 8.60 Å². The number of rotatable bonds is 3. The Balaban J connectivity index is 4.31. The Kier molecular flexibility index (Phi) is 4.15. The molecule has 0 spiro atoms. The van der Waals surface area contributed by atoms with Gasteiger partial charge in [0.2, 0.25) is 0 Å². The van der Waals surface area contributed by atoms with Crippen molar-refractivity contribution in [3.63, 3.8) is 0 Å². The first-order valence-corrected chi connectivity index (χ1v) is 3.81. The lowest BCUT2D eigenvalue weighted by Gasteiger charge is -2.08. The van der Waals surface area contributed by atoms with Crippen LogP contribution in [0.15, 0.2) is 0 Å². The molecule has 0 aliphatic carbocycles. The van der Waals surface area contributed by atoms with Crippen LogP contribution in [0.4, 0.5) is 0 Å². The van der Waals surface area contributed by atoms with E-state index < -0.39 is 20.6 Å². The molecule has 0 saturated heterocycles. The molecule has 0 aromatic heterocycles. The minimum atomic E-state index is -2.64. The van der Waals surface area contributed by atoms with Gasteiger partial charge in [-0.2, -0.15) is 15.8 Å². The van der Waals surface area contributed by atoms with Crippen molar-refractivity contribution < 1.29 is 14.3 Å². The summed E-state index contributed by atoms with van der Waals surface area (Å²) in [5, 5.41) is 25.1. The molecule has 12 heavy (non-hydrogen) atoms. The molecule has 0 heterocycles. The van der Waals surface area contributed by atoms with E-state index in [9.17, 15) is 0 Å². The Labute approximate surface area is 69.8 Å². The molecule has 2 N–H and O–H groups in total. The molecule has 0 aromatic rings. The number of hydrogen-bond acceptors (Lipinski definition) is 6. The summed E-state index contributed by atoms with van der Waals surface area (Å²) in [7, 11) is -2.64. The second-order valence-electron chi connectivity index (χ2n) is 1.77. The highest BCUT2D eigenvalue weighted by atomic mass is 31.2. The van der Waals surface area contributed by atoms with Crippen molar-refractivity contribution in [2.45, 2.75) is 0 Å². The van der Waals surface area contributed by atoms with E-state index in [0.29, 0.717) is 0 Å². The average Bonchev–Trinajstić information content (AvgIpc) is 2.08. The van der Waals surface area contributed by atoms with Crippen LogP contribution in [0.3, 0.4) is 0 Å². The van der Waals surface area contributed by atoms with E-state index in [0.717, 1.165) is 0 Å². The van der Waals surface area contributed by atoms with Gasteiger partial charge < -0.3 is 14.3 Å². The fourth-order valence-electron chi connectivity index (χ4n) is 0.326. The Morgan fingerprint density at radius 2 is 1.58 bits per heavy atom. The Hall–Kier alpha value is -1.22. The van der Waals surface area contributed by atoms with Gasteiger partial charge in [-0.3, -0.25) is 0 Å². The molecular formula is C5H4N3O3P. The van der Waals surface area contributed by atoms with Gasteiger partial charge in [-0.1, -0.05) is 0 Å². The second kappa shape index (κ2) is 4.62. The van der Waals surface area contributed by atoms with Crippen LogP contribution in [0.1, 0.15) is 0 Å². The molecule has 0 rings (SSSR count). The third kappa shape index (κ3) is 2.80. The minimum Gasteiger partial charge on any atom is -0.328 e. The largest absolute Gasteiger partial charge is 0.328 e. The van der Waals surface area contributed by atoms with Crippen LogP contribution < -0.4 is 0 Å². The summed E-state index contributed by atoms with van der Waals surface area (Å²) in [6, 6.07) is 4.23. The van der Waals surface area contributed by atoms with Gasteiger partial charge in [0.1, 0.15) is 24.8 Å². The summed E-state index contributed by atoms with van der Waals surface area (Å²) in [5.74, 6) is 0. The second-order valence-corrected chi connectivity index (χ2v) is 2.53. The van der Waals surface area contributed by atoms with E-state index in [1.54, 1.807) is 0 Å². The molecule has 0 atom stereocenters. The zero-order valence-corrected chi connectivity index (χ0v) is 6.69. The summed E-state index contributed by atoms with van der Waals surface area (Å²) in [6.45, 7) is -0.630. The third-order valence-corrected chi connectivity index (χ3v) is 1.33. The minimum absolute atomic E-state index is 0.630. The summed E-state index contributed by atoms with van der Waals surface area (Å²) in [5.41, 5.74) is -1.95. The number of nitriles is 3. The molecule has 7 heteroatoms. The summed E-state index contributed by atoms with van der Waals surface area (Å²) >= 11 is 0. The quantitative estimate of drug-likeness (QED) is 0.585. The SMILES string of the molecule is N#CC(C#N)(C#N)COP(O)O. The molecule has 0 aliphatic heterocycles. The predicted octanol–water partition coefficient (Wildman–Crippen LogP) is -0.228. The van der Waals surface area contributed by atoms with Gasteiger partial charge in [-0.25, -0.2) is 0 Å². The monoisotopic (exact) mass is 185 g/mol. The van der Waals surface area contributed by atoms with E-state index in [1.807, 2.05) is 0 Å². The van der Waals surface area contributed by atoms with Crippen molar-refractivity contribution in [1.29, 1.82) is 15.8 Å². The van der Waals surface area contributed by atoms with Crippen molar-refractivity contribution in [1.82, 2.24) is 0 Å². The maximum atomic E-state index is 8.36. The van der Waals surface area contributed by atoms with Gasteiger partial charge in [0.25, 0.3) is 5.41 Å². The van der Waals surface area contributed by atoms with Crippen molar-refractivity contribution in [2.24, 2.45) is 5.41 Å². The first-order valence-electron chi connectivity index (χ1n) is 2.65. The van der Waals surface area contributed by atoms with Gasteiger partial charge in [-0.05, 0) is 0 Å². The summed E-state index contributed by atoms with van der Waals surface area (Å²) < 4.78 is 4.19. The lowest BCUT2D eigenvalue weighted by atomic mass is 9.96.